The predicted octanol–water partition coefficient (Wildman–Crippen LogP) is 1.60. The molecule has 3 heterocycles. The van der Waals surface area contributed by atoms with E-state index in [9.17, 15) is 9.90 Å². The Hall–Kier alpha value is -1.86. The van der Waals surface area contributed by atoms with E-state index in [-0.39, 0.29) is 39.5 Å². The number of rotatable bonds is 1. The van der Waals surface area contributed by atoms with Crippen LogP contribution >= 0.6 is 23.2 Å². The van der Waals surface area contributed by atoms with Crippen LogP contribution in [0.25, 0.3) is 0 Å². The lowest BCUT2D eigenvalue weighted by Gasteiger charge is -2.13. The Morgan fingerprint density at radius 1 is 1.35 bits per heavy atom. The number of aromatic amines is 2. The van der Waals surface area contributed by atoms with E-state index in [1.807, 2.05) is 0 Å². The number of nitrogen functional groups attached to an aromatic ring is 1. The molecule has 0 spiro atoms. The van der Waals surface area contributed by atoms with Gasteiger partial charge in [-0.25, -0.2) is 0 Å². The van der Waals surface area contributed by atoms with Gasteiger partial charge in [0.25, 0.3) is 5.91 Å². The maximum atomic E-state index is 12.0. The quantitative estimate of drug-likeness (QED) is 0.549. The number of fused-ring (bicyclic) bond motifs is 1. The fourth-order valence-electron chi connectivity index (χ4n) is 2.46. The number of hydrogen-bond donors (Lipinski definition) is 5. The summed E-state index contributed by atoms with van der Waals surface area (Å²) in [4.78, 5) is 21.2. The van der Waals surface area contributed by atoms with E-state index in [4.69, 9.17) is 28.9 Å². The van der Waals surface area contributed by atoms with Crippen LogP contribution in [0, 0.1) is 0 Å². The monoisotopic (exact) mass is 315 g/mol. The first-order valence-corrected chi connectivity index (χ1v) is 6.64. The topological polar surface area (TPSA) is 120 Å². The van der Waals surface area contributed by atoms with Gasteiger partial charge >= 0.3 is 0 Å². The largest absolute Gasteiger partial charge is 0.492 e. The zero-order valence-electron chi connectivity index (χ0n) is 10.1. The minimum atomic E-state index is -0.356. The number of nitrogens with zero attached hydrogens (tertiary/aromatic N) is 1. The lowest BCUT2D eigenvalue weighted by atomic mass is 9.93. The Balaban J connectivity index is 2.20. The molecule has 0 radical (unpaired) electrons. The van der Waals surface area contributed by atoms with E-state index < -0.39 is 0 Å². The summed E-state index contributed by atoms with van der Waals surface area (Å²) in [6, 6.07) is 0. The van der Waals surface area contributed by atoms with E-state index in [1.165, 1.54) is 0 Å². The number of aromatic nitrogens is 3. The molecular weight excluding hydrogens is 305 g/mol. The third kappa shape index (κ3) is 1.90. The summed E-state index contributed by atoms with van der Waals surface area (Å²) in [6.45, 7) is 0.429. The summed E-state index contributed by atoms with van der Waals surface area (Å²) in [5.74, 6) is -0.755. The molecule has 1 aliphatic rings. The lowest BCUT2D eigenvalue weighted by Crippen LogP contribution is -2.23. The van der Waals surface area contributed by atoms with Gasteiger partial charge in [-0.3, -0.25) is 4.79 Å². The Morgan fingerprint density at radius 3 is 2.75 bits per heavy atom. The zero-order valence-corrected chi connectivity index (χ0v) is 11.6. The third-order valence-corrected chi connectivity index (χ3v) is 4.08. The van der Waals surface area contributed by atoms with Crippen LogP contribution in [0.4, 0.5) is 5.95 Å². The van der Waals surface area contributed by atoms with Crippen LogP contribution < -0.4 is 11.1 Å². The van der Waals surface area contributed by atoms with E-state index in [1.54, 1.807) is 0 Å². The SMILES string of the molecule is Nc1nc(O)c(C2CCNC(=O)c3[nH]c(Cl)c(Cl)c32)[nH]1. The predicted molar refractivity (Wildman–Crippen MR) is 74.3 cm³/mol. The second-order valence-corrected chi connectivity index (χ2v) is 5.25. The number of aromatic hydroxyl groups is 1. The highest BCUT2D eigenvalue weighted by Gasteiger charge is 2.33. The molecule has 20 heavy (non-hydrogen) atoms. The van der Waals surface area contributed by atoms with Crippen molar-refractivity contribution in [1.29, 1.82) is 0 Å². The van der Waals surface area contributed by atoms with Crippen molar-refractivity contribution in [3.63, 3.8) is 0 Å². The standard InChI is InChI=1S/C11H11Cl2N5O2/c12-5-4-3(6-10(20)18-11(14)17-6)1-2-15-9(19)7(4)16-8(5)13/h3,16,20H,1-2H2,(H,15,19)(H3,14,17,18). The molecule has 6 N–H and O–H groups in total. The van der Waals surface area contributed by atoms with Crippen LogP contribution in [0.5, 0.6) is 5.88 Å². The fraction of sp³-hybridized carbons (Fsp3) is 0.273. The normalized spacial score (nSPS) is 18.5. The van der Waals surface area contributed by atoms with Crippen molar-refractivity contribution >= 4 is 35.1 Å². The van der Waals surface area contributed by atoms with Crippen molar-refractivity contribution in [2.24, 2.45) is 0 Å². The number of imidazole rings is 1. The number of H-pyrrole nitrogens is 2. The molecule has 0 aliphatic carbocycles. The van der Waals surface area contributed by atoms with Gasteiger partial charge in [-0.05, 0) is 6.42 Å². The summed E-state index contributed by atoms with van der Waals surface area (Å²) in [5, 5.41) is 13.0. The first-order chi connectivity index (χ1) is 9.49. The van der Waals surface area contributed by atoms with Gasteiger partial charge in [-0.2, -0.15) is 4.98 Å². The highest BCUT2D eigenvalue weighted by atomic mass is 35.5. The summed E-state index contributed by atoms with van der Waals surface area (Å²) in [7, 11) is 0. The van der Waals surface area contributed by atoms with E-state index in [0.29, 0.717) is 24.2 Å². The van der Waals surface area contributed by atoms with Gasteiger partial charge in [-0.1, -0.05) is 23.2 Å². The van der Waals surface area contributed by atoms with Crippen LogP contribution in [-0.4, -0.2) is 32.5 Å². The van der Waals surface area contributed by atoms with Crippen LogP contribution in [0.1, 0.15) is 34.1 Å². The van der Waals surface area contributed by atoms with Gasteiger partial charge in [0.05, 0.1) is 10.7 Å². The van der Waals surface area contributed by atoms with Crippen molar-refractivity contribution in [2.45, 2.75) is 12.3 Å². The molecule has 106 valence electrons. The maximum Gasteiger partial charge on any atom is 0.268 e. The number of carbonyl (C=O) groups is 1. The average Bonchev–Trinajstić information content (AvgIpc) is 2.81. The number of anilines is 1. The van der Waals surface area contributed by atoms with E-state index >= 15 is 0 Å². The number of carbonyl (C=O) groups excluding carboxylic acids is 1. The molecule has 0 aromatic carbocycles. The Bertz CT molecular complexity index is 693. The van der Waals surface area contributed by atoms with E-state index in [0.717, 1.165) is 0 Å². The van der Waals surface area contributed by atoms with Crippen molar-refractivity contribution in [3.05, 3.63) is 27.1 Å². The molecular formula is C11H11Cl2N5O2. The Morgan fingerprint density at radius 2 is 2.10 bits per heavy atom. The Kier molecular flexibility index (Phi) is 3.02. The smallest absolute Gasteiger partial charge is 0.268 e. The van der Waals surface area contributed by atoms with Crippen LogP contribution in [-0.2, 0) is 0 Å². The minimum absolute atomic E-state index is 0.0975. The molecule has 1 aliphatic heterocycles. The third-order valence-electron chi connectivity index (χ3n) is 3.31. The van der Waals surface area contributed by atoms with E-state index in [2.05, 4.69) is 20.3 Å². The second-order valence-electron chi connectivity index (χ2n) is 4.50. The number of hydrogen-bond acceptors (Lipinski definition) is 4. The van der Waals surface area contributed by atoms with Gasteiger partial charge < -0.3 is 26.1 Å². The van der Waals surface area contributed by atoms with Gasteiger partial charge in [-0.15, -0.1) is 0 Å². The molecule has 0 bridgehead atoms. The Labute approximate surface area is 123 Å². The zero-order chi connectivity index (χ0) is 14.4. The second kappa shape index (κ2) is 4.60. The van der Waals surface area contributed by atoms with Crippen molar-refractivity contribution in [3.8, 4) is 5.88 Å². The molecule has 0 fully saturated rings. The van der Waals surface area contributed by atoms with Crippen LogP contribution in [0.3, 0.4) is 0 Å². The molecule has 0 saturated carbocycles. The lowest BCUT2D eigenvalue weighted by molar-refractivity contribution is 0.0951. The molecule has 9 heteroatoms. The number of nitrogens with two attached hydrogens (primary N) is 1. The maximum absolute atomic E-state index is 12.0. The molecule has 2 aromatic heterocycles. The average molecular weight is 316 g/mol. The van der Waals surface area contributed by atoms with Gasteiger partial charge in [0.2, 0.25) is 11.8 Å². The molecule has 7 nitrogen and oxygen atoms in total. The van der Waals surface area contributed by atoms with Crippen molar-refractivity contribution < 1.29 is 9.90 Å². The van der Waals surface area contributed by atoms with Gasteiger partial charge in [0.1, 0.15) is 10.8 Å². The fourth-order valence-corrected chi connectivity index (χ4v) is 2.93. The molecule has 1 amide bonds. The van der Waals surface area contributed by atoms with Crippen molar-refractivity contribution in [1.82, 2.24) is 20.3 Å². The number of nitrogens with one attached hydrogen (secondary N) is 3. The van der Waals surface area contributed by atoms with Gasteiger partial charge in [0, 0.05) is 18.0 Å². The molecule has 0 saturated heterocycles. The first-order valence-electron chi connectivity index (χ1n) is 5.88. The van der Waals surface area contributed by atoms with Crippen molar-refractivity contribution in [2.75, 3.05) is 12.3 Å². The van der Waals surface area contributed by atoms with Gasteiger partial charge in [0.15, 0.2) is 0 Å². The molecule has 3 rings (SSSR count). The van der Waals surface area contributed by atoms with Crippen LogP contribution in [0.15, 0.2) is 0 Å². The first kappa shape index (κ1) is 13.1. The molecule has 1 unspecified atom stereocenters. The summed E-state index contributed by atoms with van der Waals surface area (Å²) < 4.78 is 0. The summed E-state index contributed by atoms with van der Waals surface area (Å²) in [6.07, 6.45) is 0.530. The molecule has 1 atom stereocenters. The summed E-state index contributed by atoms with van der Waals surface area (Å²) >= 11 is 12.1. The summed E-state index contributed by atoms with van der Waals surface area (Å²) in [5.41, 5.74) is 6.77. The number of halogens is 2. The highest BCUT2D eigenvalue weighted by Crippen LogP contribution is 2.42. The van der Waals surface area contributed by atoms with Crippen LogP contribution in [0.2, 0.25) is 10.2 Å². The highest BCUT2D eigenvalue weighted by molar-refractivity contribution is 6.42. The minimum Gasteiger partial charge on any atom is -0.492 e. The number of amides is 1. The molecule has 2 aromatic rings.